The van der Waals surface area contributed by atoms with Crippen molar-refractivity contribution in [3.8, 4) is 0 Å². The van der Waals surface area contributed by atoms with Gasteiger partial charge in [-0.3, -0.25) is 9.59 Å². The second-order valence-electron chi connectivity index (χ2n) is 11.3. The number of esters is 1. The molecule has 0 aromatic carbocycles. The molecule has 4 rings (SSSR count). The van der Waals surface area contributed by atoms with E-state index in [9.17, 15) is 14.7 Å². The number of fused-ring (bicyclic) bond motifs is 1. The van der Waals surface area contributed by atoms with Crippen molar-refractivity contribution in [1.29, 1.82) is 0 Å². The van der Waals surface area contributed by atoms with Crippen LogP contribution in [-0.4, -0.2) is 79.5 Å². The van der Waals surface area contributed by atoms with Crippen LogP contribution in [0.1, 0.15) is 66.2 Å². The lowest BCUT2D eigenvalue weighted by molar-refractivity contribution is -0.306. The third-order valence-corrected chi connectivity index (χ3v) is 8.30. The summed E-state index contributed by atoms with van der Waals surface area (Å²) in [5.41, 5.74) is 0.605. The van der Waals surface area contributed by atoms with Gasteiger partial charge in [0, 0.05) is 32.3 Å². The number of hydrogen-bond donors (Lipinski definition) is 2. The maximum atomic E-state index is 13.2. The number of nitrogens with one attached hydrogen (secondary N) is 1. The van der Waals surface area contributed by atoms with E-state index < -0.39 is 30.1 Å². The highest BCUT2D eigenvalue weighted by molar-refractivity contribution is 5.82. The Hall–Kier alpha value is -1.56. The van der Waals surface area contributed by atoms with Crippen LogP contribution in [0.5, 0.6) is 0 Å². The molecule has 0 aliphatic carbocycles. The minimum absolute atomic E-state index is 0.0101. The van der Waals surface area contributed by atoms with Gasteiger partial charge < -0.3 is 38.8 Å². The van der Waals surface area contributed by atoms with Crippen LogP contribution in [-0.2, 0) is 38.0 Å². The van der Waals surface area contributed by atoms with Crippen LogP contribution < -0.4 is 5.32 Å². The first-order chi connectivity index (χ1) is 17.0. The van der Waals surface area contributed by atoms with Crippen molar-refractivity contribution in [3.63, 3.8) is 0 Å². The maximum absolute atomic E-state index is 13.2. The van der Waals surface area contributed by atoms with Gasteiger partial charge in [0.25, 0.3) is 5.91 Å². The van der Waals surface area contributed by atoms with Gasteiger partial charge in [0.1, 0.15) is 19.0 Å². The number of hydrogen-bond acceptors (Lipinski definition) is 9. The van der Waals surface area contributed by atoms with Gasteiger partial charge in [-0.1, -0.05) is 32.9 Å². The Morgan fingerprint density at radius 3 is 2.72 bits per heavy atom. The Labute approximate surface area is 212 Å². The van der Waals surface area contributed by atoms with Crippen molar-refractivity contribution in [2.75, 3.05) is 13.9 Å². The quantitative estimate of drug-likeness (QED) is 0.408. The summed E-state index contributed by atoms with van der Waals surface area (Å²) in [6, 6.07) is 0. The number of carbonyl (C=O) groups excluding carboxylic acids is 2. The van der Waals surface area contributed by atoms with E-state index in [-0.39, 0.29) is 54.9 Å². The van der Waals surface area contributed by atoms with Gasteiger partial charge in [0.2, 0.25) is 5.79 Å². The molecular weight excluding hydrogens is 470 g/mol. The molecule has 4 heterocycles. The monoisotopic (exact) mass is 511 g/mol. The molecule has 0 aromatic rings. The summed E-state index contributed by atoms with van der Waals surface area (Å²) >= 11 is 0. The van der Waals surface area contributed by atoms with Crippen LogP contribution in [0.25, 0.3) is 0 Å². The van der Waals surface area contributed by atoms with E-state index in [2.05, 4.69) is 25.7 Å². The van der Waals surface area contributed by atoms with E-state index in [4.69, 9.17) is 28.4 Å². The Kier molecular flexibility index (Phi) is 8.14. The number of cyclic esters (lactones) is 1. The molecule has 0 bridgehead atoms. The molecule has 9 atom stereocenters. The molecule has 2 N–H and O–H groups in total. The van der Waals surface area contributed by atoms with E-state index in [0.29, 0.717) is 19.3 Å². The Morgan fingerprint density at radius 2 is 2.06 bits per heavy atom. The zero-order valence-electron chi connectivity index (χ0n) is 22.0. The molecule has 4 aliphatic rings. The molecule has 36 heavy (non-hydrogen) atoms. The SMILES string of the molecule is C=C1C[C@](OC)([C@H](O)C(=O)N[C@H]2OCO[C@@H]3CC(C)(C)[C@@H](C[C@H]4CCCC(=O)O4)O[C@@H]32)O[C@H](C)[C@@H]1C. The minimum atomic E-state index is -1.61. The molecule has 0 aromatic heterocycles. The van der Waals surface area contributed by atoms with Crippen molar-refractivity contribution in [1.82, 2.24) is 5.32 Å². The molecule has 0 spiro atoms. The van der Waals surface area contributed by atoms with Crippen LogP contribution in [0.15, 0.2) is 12.2 Å². The van der Waals surface area contributed by atoms with E-state index in [1.807, 2.05) is 13.8 Å². The highest BCUT2D eigenvalue weighted by Crippen LogP contribution is 2.43. The summed E-state index contributed by atoms with van der Waals surface area (Å²) < 4.78 is 35.1. The van der Waals surface area contributed by atoms with Crippen molar-refractivity contribution in [2.45, 2.75) is 115 Å². The fourth-order valence-corrected chi connectivity index (χ4v) is 5.70. The second kappa shape index (κ2) is 10.7. The summed E-state index contributed by atoms with van der Waals surface area (Å²) in [7, 11) is 1.41. The van der Waals surface area contributed by atoms with Crippen molar-refractivity contribution >= 4 is 11.9 Å². The van der Waals surface area contributed by atoms with Crippen LogP contribution in [0, 0.1) is 11.3 Å². The number of rotatable bonds is 6. The van der Waals surface area contributed by atoms with E-state index in [1.165, 1.54) is 7.11 Å². The summed E-state index contributed by atoms with van der Waals surface area (Å²) in [6.07, 6.45) is -0.569. The first-order valence-corrected chi connectivity index (χ1v) is 12.9. The van der Waals surface area contributed by atoms with Gasteiger partial charge in [0.05, 0.1) is 18.3 Å². The maximum Gasteiger partial charge on any atom is 0.306 e. The standard InChI is InChI=1S/C26H41NO9/c1-14-11-26(31-6,36-16(3)15(14)2)22(29)23(30)27-24-21-18(32-13-33-24)12-25(4,5)19(35-21)10-17-8-7-9-20(28)34-17/h15-19,21-22,24,29H,1,7-13H2,2-6H3,(H,27,30)/t15-,16-,17-,18-,19-,21+,22-,24+,26-/m1/s1. The lowest BCUT2D eigenvalue weighted by Crippen LogP contribution is -2.65. The van der Waals surface area contributed by atoms with Gasteiger partial charge in [-0.05, 0) is 31.6 Å². The molecule has 4 saturated heterocycles. The van der Waals surface area contributed by atoms with Gasteiger partial charge >= 0.3 is 5.97 Å². The minimum Gasteiger partial charge on any atom is -0.462 e. The average molecular weight is 512 g/mol. The van der Waals surface area contributed by atoms with E-state index in [1.54, 1.807) is 0 Å². The molecule has 4 fully saturated rings. The number of amides is 1. The average Bonchev–Trinajstić information content (AvgIpc) is 2.82. The first kappa shape index (κ1) is 27.5. The van der Waals surface area contributed by atoms with Crippen molar-refractivity contribution in [2.24, 2.45) is 11.3 Å². The highest BCUT2D eigenvalue weighted by Gasteiger charge is 2.53. The van der Waals surface area contributed by atoms with Gasteiger partial charge in [-0.2, -0.15) is 0 Å². The van der Waals surface area contributed by atoms with Gasteiger partial charge in [-0.15, -0.1) is 0 Å². The molecule has 204 valence electrons. The van der Waals surface area contributed by atoms with Crippen LogP contribution in [0.3, 0.4) is 0 Å². The van der Waals surface area contributed by atoms with Crippen molar-refractivity contribution < 1.29 is 43.1 Å². The normalized spacial score (nSPS) is 41.7. The van der Waals surface area contributed by atoms with Crippen LogP contribution in [0.2, 0.25) is 0 Å². The third kappa shape index (κ3) is 5.49. The number of carbonyl (C=O) groups is 2. The van der Waals surface area contributed by atoms with E-state index in [0.717, 1.165) is 18.4 Å². The predicted molar refractivity (Wildman–Crippen MR) is 127 cm³/mol. The number of methoxy groups -OCH3 is 1. The van der Waals surface area contributed by atoms with Gasteiger partial charge in [0.15, 0.2) is 12.3 Å². The highest BCUT2D eigenvalue weighted by atomic mass is 16.7. The number of aliphatic hydroxyl groups excluding tert-OH is 1. The van der Waals surface area contributed by atoms with Crippen LogP contribution >= 0.6 is 0 Å². The Balaban J connectivity index is 1.45. The fraction of sp³-hybridized carbons (Fsp3) is 0.846. The molecule has 0 radical (unpaired) electrons. The summed E-state index contributed by atoms with van der Waals surface area (Å²) in [6.45, 7) is 12.1. The zero-order valence-corrected chi connectivity index (χ0v) is 22.0. The first-order valence-electron chi connectivity index (χ1n) is 12.9. The molecule has 4 aliphatic heterocycles. The molecule has 0 saturated carbocycles. The Morgan fingerprint density at radius 1 is 1.31 bits per heavy atom. The topological polar surface area (TPSA) is 122 Å². The predicted octanol–water partition coefficient (Wildman–Crippen LogP) is 2.18. The molecule has 10 heteroatoms. The smallest absolute Gasteiger partial charge is 0.306 e. The molecule has 10 nitrogen and oxygen atoms in total. The largest absolute Gasteiger partial charge is 0.462 e. The summed E-state index contributed by atoms with van der Waals surface area (Å²) in [5.74, 6) is -2.34. The third-order valence-electron chi connectivity index (χ3n) is 8.30. The lowest BCUT2D eigenvalue weighted by Gasteiger charge is -2.51. The molecular formula is C26H41NO9. The Bertz CT molecular complexity index is 847. The zero-order chi connectivity index (χ0) is 26.3. The fourth-order valence-electron chi connectivity index (χ4n) is 5.70. The second-order valence-corrected chi connectivity index (χ2v) is 11.3. The number of aliphatic hydroxyl groups is 1. The summed E-state index contributed by atoms with van der Waals surface area (Å²) in [4.78, 5) is 25.0. The molecule has 1 amide bonds. The van der Waals surface area contributed by atoms with Crippen molar-refractivity contribution in [3.05, 3.63) is 12.2 Å². The van der Waals surface area contributed by atoms with E-state index >= 15 is 0 Å². The van der Waals surface area contributed by atoms with Crippen LogP contribution in [0.4, 0.5) is 0 Å². The summed E-state index contributed by atoms with van der Waals surface area (Å²) in [5, 5.41) is 13.8. The lowest BCUT2D eigenvalue weighted by atomic mass is 9.74. The molecule has 0 unspecified atom stereocenters. The van der Waals surface area contributed by atoms with Gasteiger partial charge in [-0.25, -0.2) is 0 Å². The number of ether oxygens (including phenoxy) is 6.